The molecule has 1 aromatic carbocycles. The van der Waals surface area contributed by atoms with E-state index in [0.717, 1.165) is 22.6 Å². The van der Waals surface area contributed by atoms with Crippen LogP contribution in [0.25, 0.3) is 5.69 Å². The van der Waals surface area contributed by atoms with Gasteiger partial charge in [-0.05, 0) is 69.2 Å². The lowest BCUT2D eigenvalue weighted by molar-refractivity contribution is 0.399. The predicted octanol–water partition coefficient (Wildman–Crippen LogP) is 5.01. The van der Waals surface area contributed by atoms with E-state index in [4.69, 9.17) is 10.8 Å². The van der Waals surface area contributed by atoms with Gasteiger partial charge in [0, 0.05) is 13.2 Å². The molecule has 0 bridgehead atoms. The molecule has 1 atom stereocenters. The molecule has 1 unspecified atom stereocenters. The van der Waals surface area contributed by atoms with Gasteiger partial charge in [0.25, 0.3) is 0 Å². The van der Waals surface area contributed by atoms with E-state index in [1.165, 1.54) is 12.1 Å². The van der Waals surface area contributed by atoms with Crippen LogP contribution in [0.15, 0.2) is 60.6 Å². The van der Waals surface area contributed by atoms with Crippen molar-refractivity contribution in [2.45, 2.75) is 33.7 Å². The standard InChI is InChI=1S/C24H27FN6/c1-15(24(27)30(5)18(4)19-6-8-20(25)9-7-19)12-21(26)22-10-11-23(17(3)29-22)31-13-16(2)28-14-31/h6-14,18,26-27H,1-5H3/b15-12-,26-21?,27-24?. The van der Waals surface area contributed by atoms with Crippen molar-refractivity contribution in [1.29, 1.82) is 10.8 Å². The molecule has 0 aliphatic rings. The Morgan fingerprint density at radius 1 is 1.13 bits per heavy atom. The summed E-state index contributed by atoms with van der Waals surface area (Å²) in [6, 6.07) is 9.91. The molecule has 7 heteroatoms. The van der Waals surface area contributed by atoms with Crippen molar-refractivity contribution in [3.8, 4) is 5.69 Å². The molecular weight excluding hydrogens is 391 g/mol. The molecule has 0 radical (unpaired) electrons. The third-order valence-electron chi connectivity index (χ3n) is 5.34. The Balaban J connectivity index is 1.75. The van der Waals surface area contributed by atoms with E-state index in [9.17, 15) is 4.39 Å². The van der Waals surface area contributed by atoms with Crippen LogP contribution >= 0.6 is 0 Å². The van der Waals surface area contributed by atoms with Gasteiger partial charge in [-0.3, -0.25) is 10.8 Å². The number of benzene rings is 1. The molecule has 0 saturated heterocycles. The van der Waals surface area contributed by atoms with Crippen LogP contribution in [0.5, 0.6) is 0 Å². The number of hydrogen-bond donors (Lipinski definition) is 2. The first-order chi connectivity index (χ1) is 14.7. The topological polar surface area (TPSA) is 81.6 Å². The first kappa shape index (κ1) is 22.1. The van der Waals surface area contributed by atoms with E-state index >= 15 is 0 Å². The molecule has 2 aromatic heterocycles. The summed E-state index contributed by atoms with van der Waals surface area (Å²) in [5.41, 5.74) is 4.98. The second kappa shape index (κ2) is 9.04. The van der Waals surface area contributed by atoms with Crippen LogP contribution in [0.1, 0.15) is 42.5 Å². The number of likely N-dealkylation sites (N-methyl/N-ethyl adjacent to an activating group) is 1. The lowest BCUT2D eigenvalue weighted by Gasteiger charge is -2.28. The van der Waals surface area contributed by atoms with Crippen molar-refractivity contribution in [3.05, 3.63) is 89.0 Å². The lowest BCUT2D eigenvalue weighted by Crippen LogP contribution is -2.30. The minimum atomic E-state index is -0.282. The van der Waals surface area contributed by atoms with Crippen LogP contribution in [0.4, 0.5) is 4.39 Å². The van der Waals surface area contributed by atoms with E-state index in [-0.39, 0.29) is 17.6 Å². The number of imidazole rings is 1. The number of nitrogens with one attached hydrogen (secondary N) is 2. The third kappa shape index (κ3) is 4.94. The first-order valence-electron chi connectivity index (χ1n) is 10.0. The van der Waals surface area contributed by atoms with E-state index in [1.54, 1.807) is 42.4 Å². The summed E-state index contributed by atoms with van der Waals surface area (Å²) >= 11 is 0. The van der Waals surface area contributed by atoms with E-state index in [1.807, 2.05) is 44.6 Å². The van der Waals surface area contributed by atoms with Crippen molar-refractivity contribution in [1.82, 2.24) is 19.4 Å². The number of allylic oxidation sites excluding steroid dienone is 1. The van der Waals surface area contributed by atoms with E-state index < -0.39 is 0 Å². The molecular formula is C24H27FN6. The zero-order chi connectivity index (χ0) is 22.7. The normalized spacial score (nSPS) is 12.5. The summed E-state index contributed by atoms with van der Waals surface area (Å²) in [6.45, 7) is 7.60. The monoisotopic (exact) mass is 418 g/mol. The van der Waals surface area contributed by atoms with Gasteiger partial charge in [-0.1, -0.05) is 12.1 Å². The first-order valence-corrected chi connectivity index (χ1v) is 10.0. The SMILES string of the molecule is C/C(=C/C(=N)c1ccc(-n2cnc(C)c2)c(C)n1)C(=N)N(C)C(C)c1ccc(F)cc1. The van der Waals surface area contributed by atoms with Gasteiger partial charge in [0.15, 0.2) is 0 Å². The largest absolute Gasteiger partial charge is 0.353 e. The number of amidine groups is 1. The molecule has 2 heterocycles. The summed E-state index contributed by atoms with van der Waals surface area (Å²) in [6.07, 6.45) is 5.32. The van der Waals surface area contributed by atoms with E-state index in [2.05, 4.69) is 9.97 Å². The van der Waals surface area contributed by atoms with Gasteiger partial charge < -0.3 is 9.47 Å². The molecule has 31 heavy (non-hydrogen) atoms. The van der Waals surface area contributed by atoms with Crippen LogP contribution in [-0.4, -0.2) is 38.0 Å². The molecule has 0 aliphatic heterocycles. The summed E-state index contributed by atoms with van der Waals surface area (Å²) in [7, 11) is 1.82. The Labute approximate surface area is 182 Å². The number of rotatable bonds is 6. The summed E-state index contributed by atoms with van der Waals surface area (Å²) in [5, 5.41) is 17.0. The van der Waals surface area contributed by atoms with Crippen LogP contribution in [-0.2, 0) is 0 Å². The Bertz CT molecular complexity index is 1140. The summed E-state index contributed by atoms with van der Waals surface area (Å²) in [4.78, 5) is 10.6. The molecule has 0 aliphatic carbocycles. The second-order valence-corrected chi connectivity index (χ2v) is 7.65. The Hall–Kier alpha value is -3.61. The molecule has 0 fully saturated rings. The van der Waals surface area contributed by atoms with Gasteiger partial charge in [0.05, 0.1) is 40.9 Å². The second-order valence-electron chi connectivity index (χ2n) is 7.65. The van der Waals surface area contributed by atoms with E-state index in [0.29, 0.717) is 17.1 Å². The Morgan fingerprint density at radius 3 is 2.39 bits per heavy atom. The van der Waals surface area contributed by atoms with Gasteiger partial charge in [-0.25, -0.2) is 14.4 Å². The van der Waals surface area contributed by atoms with Crippen molar-refractivity contribution < 1.29 is 4.39 Å². The highest BCUT2D eigenvalue weighted by atomic mass is 19.1. The Kier molecular flexibility index (Phi) is 6.44. The average molecular weight is 419 g/mol. The average Bonchev–Trinajstić information content (AvgIpc) is 3.18. The fraction of sp³-hybridized carbons (Fsp3) is 0.250. The third-order valence-corrected chi connectivity index (χ3v) is 5.34. The molecule has 0 saturated carbocycles. The van der Waals surface area contributed by atoms with Crippen LogP contribution < -0.4 is 0 Å². The minimum Gasteiger partial charge on any atom is -0.353 e. The molecule has 3 rings (SSSR count). The molecule has 160 valence electrons. The van der Waals surface area contributed by atoms with Crippen molar-refractivity contribution in [2.75, 3.05) is 7.05 Å². The lowest BCUT2D eigenvalue weighted by atomic mass is 10.1. The van der Waals surface area contributed by atoms with Crippen LogP contribution in [0.2, 0.25) is 0 Å². The fourth-order valence-corrected chi connectivity index (χ4v) is 3.33. The highest BCUT2D eigenvalue weighted by molar-refractivity contribution is 6.10. The number of pyridine rings is 1. The van der Waals surface area contributed by atoms with Gasteiger partial charge in [-0.15, -0.1) is 0 Å². The van der Waals surface area contributed by atoms with Gasteiger partial charge in [-0.2, -0.15) is 0 Å². The molecule has 2 N–H and O–H groups in total. The zero-order valence-electron chi connectivity index (χ0n) is 18.4. The van der Waals surface area contributed by atoms with Crippen molar-refractivity contribution in [3.63, 3.8) is 0 Å². The molecule has 0 amide bonds. The predicted molar refractivity (Wildman–Crippen MR) is 122 cm³/mol. The zero-order valence-corrected chi connectivity index (χ0v) is 18.4. The highest BCUT2D eigenvalue weighted by Crippen LogP contribution is 2.21. The Morgan fingerprint density at radius 2 is 1.81 bits per heavy atom. The number of aryl methyl sites for hydroxylation is 2. The van der Waals surface area contributed by atoms with Gasteiger partial charge >= 0.3 is 0 Å². The number of aromatic nitrogens is 3. The number of nitrogens with zero attached hydrogens (tertiary/aromatic N) is 4. The van der Waals surface area contributed by atoms with Gasteiger partial charge in [0.1, 0.15) is 11.7 Å². The maximum atomic E-state index is 13.2. The smallest absolute Gasteiger partial charge is 0.123 e. The van der Waals surface area contributed by atoms with Crippen LogP contribution in [0.3, 0.4) is 0 Å². The van der Waals surface area contributed by atoms with Crippen molar-refractivity contribution in [2.24, 2.45) is 0 Å². The molecule has 3 aromatic rings. The van der Waals surface area contributed by atoms with Crippen LogP contribution in [0, 0.1) is 30.5 Å². The quantitative estimate of drug-likeness (QED) is 0.436. The van der Waals surface area contributed by atoms with Gasteiger partial charge in [0.2, 0.25) is 0 Å². The van der Waals surface area contributed by atoms with Crippen molar-refractivity contribution >= 4 is 11.5 Å². The highest BCUT2D eigenvalue weighted by Gasteiger charge is 2.17. The summed E-state index contributed by atoms with van der Waals surface area (Å²) in [5.74, 6) is 0.0130. The number of hydrogen-bond acceptors (Lipinski definition) is 4. The molecule has 0 spiro atoms. The fourth-order valence-electron chi connectivity index (χ4n) is 3.33. The maximum Gasteiger partial charge on any atom is 0.123 e. The maximum absolute atomic E-state index is 13.2. The molecule has 6 nitrogen and oxygen atoms in total. The minimum absolute atomic E-state index is 0.107. The summed E-state index contributed by atoms with van der Waals surface area (Å²) < 4.78 is 15.1. The number of halogens is 1.